The molecule has 3 aromatic rings. The fourth-order valence-corrected chi connectivity index (χ4v) is 2.87. The second-order valence-corrected chi connectivity index (χ2v) is 7.38. The number of hydrogen-bond donors (Lipinski definition) is 2. The quantitative estimate of drug-likeness (QED) is 0.730. The molecule has 0 bridgehead atoms. The lowest BCUT2D eigenvalue weighted by Gasteiger charge is -2.21. The van der Waals surface area contributed by atoms with Gasteiger partial charge in [-0.25, -0.2) is 0 Å². The van der Waals surface area contributed by atoms with Gasteiger partial charge in [0.15, 0.2) is 0 Å². The molecule has 0 saturated carbocycles. The number of nitrogens with one attached hydrogen (secondary N) is 2. The number of fused-ring (bicyclic) bond motifs is 1. The van der Waals surface area contributed by atoms with Crippen molar-refractivity contribution < 1.29 is 4.79 Å². The van der Waals surface area contributed by atoms with Gasteiger partial charge in [0.1, 0.15) is 0 Å². The van der Waals surface area contributed by atoms with Gasteiger partial charge in [-0.3, -0.25) is 9.59 Å². The summed E-state index contributed by atoms with van der Waals surface area (Å²) >= 11 is 0. The summed E-state index contributed by atoms with van der Waals surface area (Å²) in [6.45, 7) is 8.21. The Bertz CT molecular complexity index is 993. The van der Waals surface area contributed by atoms with Crippen LogP contribution in [0.4, 0.5) is 5.69 Å². The molecule has 3 rings (SSSR count). The first-order valence-corrected chi connectivity index (χ1v) is 8.29. The van der Waals surface area contributed by atoms with Crippen LogP contribution < -0.4 is 10.9 Å². The molecule has 0 saturated heterocycles. The normalized spacial score (nSPS) is 11.5. The van der Waals surface area contributed by atoms with Crippen LogP contribution in [0, 0.1) is 6.92 Å². The van der Waals surface area contributed by atoms with E-state index in [9.17, 15) is 9.59 Å². The minimum absolute atomic E-state index is 0.139. The highest BCUT2D eigenvalue weighted by Crippen LogP contribution is 2.29. The van der Waals surface area contributed by atoms with Crippen molar-refractivity contribution in [3.63, 3.8) is 0 Å². The summed E-state index contributed by atoms with van der Waals surface area (Å²) in [7, 11) is 0. The van der Waals surface area contributed by atoms with Crippen LogP contribution in [-0.4, -0.2) is 10.9 Å². The van der Waals surface area contributed by atoms with Crippen LogP contribution in [0.2, 0.25) is 0 Å². The summed E-state index contributed by atoms with van der Waals surface area (Å²) in [4.78, 5) is 27.2. The van der Waals surface area contributed by atoms with Crippen molar-refractivity contribution in [1.82, 2.24) is 4.98 Å². The molecule has 2 aromatic carbocycles. The zero-order valence-corrected chi connectivity index (χ0v) is 14.9. The Kier molecular flexibility index (Phi) is 4.21. The van der Waals surface area contributed by atoms with E-state index in [-0.39, 0.29) is 16.9 Å². The highest BCUT2D eigenvalue weighted by atomic mass is 16.1. The third kappa shape index (κ3) is 3.63. The Morgan fingerprint density at radius 1 is 1.00 bits per heavy atom. The van der Waals surface area contributed by atoms with Gasteiger partial charge < -0.3 is 10.3 Å². The molecule has 4 heteroatoms. The number of pyridine rings is 1. The number of aryl methyl sites for hydroxylation is 1. The fourth-order valence-electron chi connectivity index (χ4n) is 2.87. The minimum Gasteiger partial charge on any atom is -0.322 e. The first kappa shape index (κ1) is 17.0. The predicted octanol–water partition coefficient (Wildman–Crippen LogP) is 4.39. The number of amides is 1. The maximum Gasteiger partial charge on any atom is 0.255 e. The number of carbonyl (C=O) groups excluding carboxylic acids is 1. The van der Waals surface area contributed by atoms with Crippen molar-refractivity contribution in [1.29, 1.82) is 0 Å². The van der Waals surface area contributed by atoms with Gasteiger partial charge >= 0.3 is 0 Å². The van der Waals surface area contributed by atoms with Crippen LogP contribution in [0.1, 0.15) is 42.3 Å². The monoisotopic (exact) mass is 334 g/mol. The van der Waals surface area contributed by atoms with E-state index < -0.39 is 0 Å². The van der Waals surface area contributed by atoms with Gasteiger partial charge in [-0.05, 0) is 42.2 Å². The predicted molar refractivity (Wildman–Crippen MR) is 102 cm³/mol. The highest BCUT2D eigenvalue weighted by molar-refractivity contribution is 6.05. The Hall–Kier alpha value is -2.88. The van der Waals surface area contributed by atoms with Gasteiger partial charge in [-0.2, -0.15) is 0 Å². The van der Waals surface area contributed by atoms with Gasteiger partial charge in [0, 0.05) is 22.7 Å². The fraction of sp³-hybridized carbons (Fsp3) is 0.238. The summed E-state index contributed by atoms with van der Waals surface area (Å²) in [5.41, 5.74) is 3.79. The van der Waals surface area contributed by atoms with E-state index >= 15 is 0 Å². The van der Waals surface area contributed by atoms with Crippen LogP contribution in [0.3, 0.4) is 0 Å². The lowest BCUT2D eigenvalue weighted by molar-refractivity contribution is 0.102. The number of aromatic amines is 1. The number of rotatable bonds is 2. The maximum absolute atomic E-state index is 12.4. The first-order chi connectivity index (χ1) is 11.7. The highest BCUT2D eigenvalue weighted by Gasteiger charge is 2.18. The third-order valence-electron chi connectivity index (χ3n) is 4.22. The minimum atomic E-state index is -0.173. The largest absolute Gasteiger partial charge is 0.322 e. The summed E-state index contributed by atoms with van der Waals surface area (Å²) in [6.07, 6.45) is 0. The van der Waals surface area contributed by atoms with Gasteiger partial charge in [-0.1, -0.05) is 44.5 Å². The average molecular weight is 334 g/mol. The second-order valence-electron chi connectivity index (χ2n) is 7.38. The lowest BCUT2D eigenvalue weighted by Crippen LogP contribution is -2.17. The average Bonchev–Trinajstić information content (AvgIpc) is 2.53. The van der Waals surface area contributed by atoms with Crippen LogP contribution in [0.25, 0.3) is 10.9 Å². The van der Waals surface area contributed by atoms with Crippen molar-refractivity contribution in [3.8, 4) is 0 Å². The van der Waals surface area contributed by atoms with E-state index in [1.807, 2.05) is 31.2 Å². The molecule has 0 radical (unpaired) electrons. The number of H-pyrrole nitrogens is 1. The van der Waals surface area contributed by atoms with E-state index in [4.69, 9.17) is 0 Å². The first-order valence-electron chi connectivity index (χ1n) is 8.29. The Labute approximate surface area is 146 Å². The molecule has 128 valence electrons. The van der Waals surface area contributed by atoms with Crippen molar-refractivity contribution in [2.45, 2.75) is 33.1 Å². The van der Waals surface area contributed by atoms with Gasteiger partial charge in [-0.15, -0.1) is 0 Å². The van der Waals surface area contributed by atoms with Gasteiger partial charge in [0.05, 0.1) is 5.52 Å². The molecule has 1 heterocycles. The van der Waals surface area contributed by atoms with Gasteiger partial charge in [0.25, 0.3) is 5.91 Å². The summed E-state index contributed by atoms with van der Waals surface area (Å²) in [5, 5.41) is 3.87. The van der Waals surface area contributed by atoms with Crippen molar-refractivity contribution in [3.05, 3.63) is 75.6 Å². The van der Waals surface area contributed by atoms with Gasteiger partial charge in [0.2, 0.25) is 5.56 Å². The molecule has 4 nitrogen and oxygen atoms in total. The van der Waals surface area contributed by atoms with E-state index in [1.54, 1.807) is 24.3 Å². The zero-order valence-electron chi connectivity index (χ0n) is 14.9. The topological polar surface area (TPSA) is 62.0 Å². The maximum atomic E-state index is 12.4. The van der Waals surface area contributed by atoms with E-state index in [2.05, 4.69) is 31.1 Å². The molecular weight excluding hydrogens is 312 g/mol. The number of hydrogen-bond acceptors (Lipinski definition) is 2. The molecule has 0 atom stereocenters. The molecule has 0 spiro atoms. The van der Waals surface area contributed by atoms with Crippen molar-refractivity contribution in [2.75, 3.05) is 5.32 Å². The molecule has 1 aromatic heterocycles. The molecule has 25 heavy (non-hydrogen) atoms. The lowest BCUT2D eigenvalue weighted by atomic mass is 9.85. The molecule has 2 N–H and O–H groups in total. The smallest absolute Gasteiger partial charge is 0.255 e. The number of aromatic nitrogens is 1. The van der Waals surface area contributed by atoms with Crippen LogP contribution in [-0.2, 0) is 5.41 Å². The molecule has 0 unspecified atom stereocenters. The van der Waals surface area contributed by atoms with Crippen LogP contribution in [0.15, 0.2) is 53.3 Å². The molecular formula is C21H22N2O2. The number of anilines is 1. The molecule has 0 fully saturated rings. The Morgan fingerprint density at radius 2 is 1.68 bits per heavy atom. The van der Waals surface area contributed by atoms with E-state index in [1.165, 1.54) is 0 Å². The second kappa shape index (κ2) is 6.20. The molecule has 1 amide bonds. The summed E-state index contributed by atoms with van der Waals surface area (Å²) in [6, 6.07) is 14.7. The Balaban J connectivity index is 1.97. The Morgan fingerprint density at radius 3 is 2.32 bits per heavy atom. The molecule has 0 aliphatic heterocycles. The van der Waals surface area contributed by atoms with Crippen LogP contribution >= 0.6 is 0 Å². The molecule has 0 aliphatic carbocycles. The molecule has 0 aliphatic rings. The van der Waals surface area contributed by atoms with Crippen LogP contribution in [0.5, 0.6) is 0 Å². The number of benzene rings is 2. The van der Waals surface area contributed by atoms with E-state index in [0.29, 0.717) is 11.3 Å². The zero-order chi connectivity index (χ0) is 18.2. The summed E-state index contributed by atoms with van der Waals surface area (Å²) < 4.78 is 0. The number of carbonyl (C=O) groups is 1. The SMILES string of the molecule is Cc1ccc(C(=O)Nc2ccc3c(C(C)(C)C)cc(=O)[nH]c3c2)cc1. The standard InChI is InChI=1S/C21H22N2O2/c1-13-5-7-14(8-6-13)20(25)22-15-9-10-16-17(21(2,3)4)12-19(24)23-18(16)11-15/h5-12H,1-4H3,(H,22,25)(H,23,24). The third-order valence-corrected chi connectivity index (χ3v) is 4.22. The van der Waals surface area contributed by atoms with Crippen molar-refractivity contribution >= 4 is 22.5 Å². The summed E-state index contributed by atoms with van der Waals surface area (Å²) in [5.74, 6) is -0.173. The van der Waals surface area contributed by atoms with Crippen molar-refractivity contribution in [2.24, 2.45) is 0 Å². The van der Waals surface area contributed by atoms with E-state index in [0.717, 1.165) is 22.0 Å².